The van der Waals surface area contributed by atoms with Gasteiger partial charge in [0.25, 0.3) is 0 Å². The van der Waals surface area contributed by atoms with E-state index in [1.807, 2.05) is 38.1 Å². The molecular formula is C18H15ClN2O2. The molecule has 0 aliphatic carbocycles. The van der Waals surface area contributed by atoms with Crippen LogP contribution in [0.4, 0.5) is 0 Å². The average molecular weight is 327 g/mol. The quantitative estimate of drug-likeness (QED) is 0.770. The lowest BCUT2D eigenvalue weighted by molar-refractivity contribution is 0.0690. The molecule has 1 N–H and O–H groups in total. The molecule has 0 atom stereocenters. The number of hydrogen-bond donors (Lipinski definition) is 1. The fourth-order valence-corrected chi connectivity index (χ4v) is 2.77. The van der Waals surface area contributed by atoms with Crippen LogP contribution in [0.1, 0.15) is 21.6 Å². The molecule has 0 radical (unpaired) electrons. The van der Waals surface area contributed by atoms with Crippen molar-refractivity contribution in [2.45, 2.75) is 13.8 Å². The molecule has 5 heteroatoms. The smallest absolute Gasteiger partial charge is 0.356 e. The SMILES string of the molecule is Cc1ccc(-c2cc(C(=O)O)nn2-c2cccc(Cl)c2)c(C)c1. The standard InChI is InChI=1S/C18H15ClN2O2/c1-11-6-7-15(12(2)8-11)17-10-16(18(22)23)20-21(17)14-5-3-4-13(19)9-14/h3-10H,1-2H3,(H,22,23). The van der Waals surface area contributed by atoms with Crippen molar-refractivity contribution in [2.75, 3.05) is 0 Å². The summed E-state index contributed by atoms with van der Waals surface area (Å²) in [4.78, 5) is 11.3. The lowest BCUT2D eigenvalue weighted by Gasteiger charge is -2.10. The third-order valence-corrected chi connectivity index (χ3v) is 3.87. The van der Waals surface area contributed by atoms with Crippen LogP contribution >= 0.6 is 11.6 Å². The summed E-state index contributed by atoms with van der Waals surface area (Å²) in [5.41, 5.74) is 4.60. The van der Waals surface area contributed by atoms with Crippen molar-refractivity contribution in [3.8, 4) is 16.9 Å². The highest BCUT2D eigenvalue weighted by Gasteiger charge is 2.17. The van der Waals surface area contributed by atoms with Gasteiger partial charge in [-0.1, -0.05) is 41.4 Å². The molecule has 116 valence electrons. The number of aromatic carboxylic acids is 1. The van der Waals surface area contributed by atoms with Gasteiger partial charge < -0.3 is 5.11 Å². The summed E-state index contributed by atoms with van der Waals surface area (Å²) in [5, 5.41) is 14.1. The monoisotopic (exact) mass is 326 g/mol. The molecule has 0 saturated heterocycles. The minimum atomic E-state index is -1.06. The van der Waals surface area contributed by atoms with Crippen molar-refractivity contribution < 1.29 is 9.90 Å². The highest BCUT2D eigenvalue weighted by Crippen LogP contribution is 2.28. The lowest BCUT2D eigenvalue weighted by atomic mass is 10.0. The van der Waals surface area contributed by atoms with Crippen LogP contribution in [0.15, 0.2) is 48.5 Å². The molecule has 3 aromatic rings. The Kier molecular flexibility index (Phi) is 3.92. The zero-order valence-electron chi connectivity index (χ0n) is 12.7. The third-order valence-electron chi connectivity index (χ3n) is 3.64. The van der Waals surface area contributed by atoms with Gasteiger partial charge >= 0.3 is 5.97 Å². The first-order valence-electron chi connectivity index (χ1n) is 7.12. The Hall–Kier alpha value is -2.59. The number of benzene rings is 2. The summed E-state index contributed by atoms with van der Waals surface area (Å²) in [7, 11) is 0. The Balaban J connectivity index is 2.25. The molecule has 0 aliphatic heterocycles. The van der Waals surface area contributed by atoms with E-state index in [1.54, 1.807) is 22.9 Å². The fourth-order valence-electron chi connectivity index (χ4n) is 2.58. The van der Waals surface area contributed by atoms with Gasteiger partial charge in [0.2, 0.25) is 0 Å². The molecule has 2 aromatic carbocycles. The van der Waals surface area contributed by atoms with Crippen molar-refractivity contribution in [2.24, 2.45) is 0 Å². The van der Waals surface area contributed by atoms with E-state index in [0.717, 1.165) is 28.1 Å². The van der Waals surface area contributed by atoms with Gasteiger partial charge in [0.05, 0.1) is 11.4 Å². The predicted molar refractivity (Wildman–Crippen MR) is 90.4 cm³/mol. The van der Waals surface area contributed by atoms with Crippen molar-refractivity contribution in [1.29, 1.82) is 0 Å². The first-order valence-corrected chi connectivity index (χ1v) is 7.50. The van der Waals surface area contributed by atoms with Crippen LogP contribution in [-0.4, -0.2) is 20.9 Å². The Labute approximate surface area is 139 Å². The van der Waals surface area contributed by atoms with Crippen molar-refractivity contribution in [1.82, 2.24) is 9.78 Å². The van der Waals surface area contributed by atoms with E-state index in [2.05, 4.69) is 11.2 Å². The van der Waals surface area contributed by atoms with Crippen LogP contribution in [0.25, 0.3) is 16.9 Å². The second kappa shape index (κ2) is 5.89. The first-order chi connectivity index (χ1) is 11.0. The van der Waals surface area contributed by atoms with Gasteiger partial charge in [0, 0.05) is 10.6 Å². The molecule has 0 aliphatic rings. The van der Waals surface area contributed by atoms with Gasteiger partial charge in [-0.15, -0.1) is 0 Å². The van der Waals surface area contributed by atoms with Gasteiger partial charge in [0.1, 0.15) is 0 Å². The molecule has 3 rings (SSSR count). The summed E-state index contributed by atoms with van der Waals surface area (Å²) >= 11 is 6.06. The number of carboxylic acid groups (broad SMARTS) is 1. The Morgan fingerprint density at radius 3 is 2.57 bits per heavy atom. The molecule has 0 amide bonds. The molecule has 4 nitrogen and oxygen atoms in total. The maximum Gasteiger partial charge on any atom is 0.356 e. The highest BCUT2D eigenvalue weighted by molar-refractivity contribution is 6.30. The maximum atomic E-state index is 11.3. The van der Waals surface area contributed by atoms with Crippen LogP contribution < -0.4 is 0 Å². The second-order valence-electron chi connectivity index (χ2n) is 5.43. The van der Waals surface area contributed by atoms with E-state index in [1.165, 1.54) is 0 Å². The first kappa shape index (κ1) is 15.3. The van der Waals surface area contributed by atoms with Gasteiger partial charge in [0.15, 0.2) is 5.69 Å². The average Bonchev–Trinajstić information content (AvgIpc) is 2.92. The number of hydrogen-bond acceptors (Lipinski definition) is 2. The van der Waals surface area contributed by atoms with Crippen molar-refractivity contribution in [3.63, 3.8) is 0 Å². The van der Waals surface area contributed by atoms with Crippen LogP contribution in [0, 0.1) is 13.8 Å². The minimum Gasteiger partial charge on any atom is -0.476 e. The normalized spacial score (nSPS) is 10.7. The summed E-state index contributed by atoms with van der Waals surface area (Å²) < 4.78 is 1.62. The summed E-state index contributed by atoms with van der Waals surface area (Å²) in [6, 6.07) is 14.8. The molecule has 23 heavy (non-hydrogen) atoms. The van der Waals surface area contributed by atoms with Crippen molar-refractivity contribution in [3.05, 3.63) is 70.4 Å². The number of carboxylic acids is 1. The van der Waals surface area contributed by atoms with Gasteiger partial charge in [-0.3, -0.25) is 0 Å². The molecule has 1 heterocycles. The molecule has 0 bridgehead atoms. The number of nitrogens with zero attached hydrogens (tertiary/aromatic N) is 2. The number of rotatable bonds is 3. The predicted octanol–water partition coefficient (Wildman–Crippen LogP) is 4.51. The number of aromatic nitrogens is 2. The van der Waals surface area contributed by atoms with Crippen LogP contribution in [-0.2, 0) is 0 Å². The van der Waals surface area contributed by atoms with E-state index >= 15 is 0 Å². The summed E-state index contributed by atoms with van der Waals surface area (Å²) in [5.74, 6) is -1.06. The fraction of sp³-hybridized carbons (Fsp3) is 0.111. The minimum absolute atomic E-state index is 0.0000458. The van der Waals surface area contributed by atoms with E-state index in [-0.39, 0.29) is 5.69 Å². The number of halogens is 1. The zero-order valence-corrected chi connectivity index (χ0v) is 13.5. The third kappa shape index (κ3) is 2.98. The topological polar surface area (TPSA) is 55.1 Å². The molecule has 1 aromatic heterocycles. The Morgan fingerprint density at radius 1 is 1.13 bits per heavy atom. The summed E-state index contributed by atoms with van der Waals surface area (Å²) in [6.45, 7) is 4.02. The Bertz CT molecular complexity index is 900. The van der Waals surface area contributed by atoms with E-state index in [4.69, 9.17) is 11.6 Å². The van der Waals surface area contributed by atoms with Crippen LogP contribution in [0.2, 0.25) is 5.02 Å². The largest absolute Gasteiger partial charge is 0.476 e. The van der Waals surface area contributed by atoms with E-state index in [0.29, 0.717) is 5.02 Å². The second-order valence-corrected chi connectivity index (χ2v) is 5.87. The van der Waals surface area contributed by atoms with Gasteiger partial charge in [-0.05, 0) is 43.7 Å². The Morgan fingerprint density at radius 2 is 1.91 bits per heavy atom. The number of carbonyl (C=O) groups is 1. The van der Waals surface area contributed by atoms with Crippen molar-refractivity contribution >= 4 is 17.6 Å². The molecular weight excluding hydrogens is 312 g/mol. The maximum absolute atomic E-state index is 11.3. The molecule has 0 spiro atoms. The zero-order chi connectivity index (χ0) is 16.6. The van der Waals surface area contributed by atoms with Gasteiger partial charge in [-0.2, -0.15) is 5.10 Å². The lowest BCUT2D eigenvalue weighted by Crippen LogP contribution is -2.02. The van der Waals surface area contributed by atoms with Crippen LogP contribution in [0.5, 0.6) is 0 Å². The van der Waals surface area contributed by atoms with E-state index in [9.17, 15) is 9.90 Å². The number of aryl methyl sites for hydroxylation is 2. The molecule has 0 unspecified atom stereocenters. The van der Waals surface area contributed by atoms with Gasteiger partial charge in [-0.25, -0.2) is 9.48 Å². The molecule has 0 saturated carbocycles. The summed E-state index contributed by atoms with van der Waals surface area (Å²) in [6.07, 6.45) is 0. The van der Waals surface area contributed by atoms with E-state index < -0.39 is 5.97 Å². The van der Waals surface area contributed by atoms with Crippen LogP contribution in [0.3, 0.4) is 0 Å². The highest BCUT2D eigenvalue weighted by atomic mass is 35.5. The molecule has 0 fully saturated rings.